The maximum absolute atomic E-state index is 12.3. The molecule has 0 aliphatic heterocycles. The van der Waals surface area contributed by atoms with Gasteiger partial charge in [0.2, 0.25) is 5.91 Å². The summed E-state index contributed by atoms with van der Waals surface area (Å²) in [6, 6.07) is 13.5. The van der Waals surface area contributed by atoms with E-state index in [2.05, 4.69) is 10.3 Å². The Kier molecular flexibility index (Phi) is 4.95. The number of amides is 1. The molecule has 0 aliphatic carbocycles. The van der Waals surface area contributed by atoms with Gasteiger partial charge in [0.05, 0.1) is 12.8 Å². The van der Waals surface area contributed by atoms with E-state index in [0.717, 1.165) is 38.8 Å². The van der Waals surface area contributed by atoms with Crippen LogP contribution >= 0.6 is 11.3 Å². The number of carbonyl (C=O) groups excluding carboxylic acids is 1. The monoisotopic (exact) mass is 389 g/mol. The fraction of sp³-hybridized carbons (Fsp3) is 0.0909. The lowest BCUT2D eigenvalue weighted by Gasteiger charge is -2.06. The molecule has 2 heterocycles. The molecule has 0 aliphatic rings. The molecule has 4 aromatic rings. The molecule has 4 rings (SSSR count). The summed E-state index contributed by atoms with van der Waals surface area (Å²) in [7, 11) is 1.62. The minimum Gasteiger partial charge on any atom is -0.496 e. The maximum Gasteiger partial charge on any atom is 0.248 e. The van der Waals surface area contributed by atoms with E-state index >= 15 is 0 Å². The predicted octanol–water partition coefficient (Wildman–Crippen LogP) is 5.03. The third-order valence-corrected chi connectivity index (χ3v) is 5.11. The first-order chi connectivity index (χ1) is 13.6. The van der Waals surface area contributed by atoms with Crippen molar-refractivity contribution in [3.63, 3.8) is 0 Å². The highest BCUT2D eigenvalue weighted by atomic mass is 32.1. The van der Waals surface area contributed by atoms with Crippen LogP contribution in [0.15, 0.2) is 66.3 Å². The Morgan fingerprint density at radius 3 is 2.79 bits per heavy atom. The lowest BCUT2D eigenvalue weighted by Crippen LogP contribution is -2.07. The number of aryl methyl sites for hydroxylation is 1. The van der Waals surface area contributed by atoms with E-state index in [4.69, 9.17) is 4.74 Å². The second-order valence-corrected chi connectivity index (χ2v) is 7.24. The van der Waals surface area contributed by atoms with Crippen LogP contribution in [-0.4, -0.2) is 22.4 Å². The summed E-state index contributed by atoms with van der Waals surface area (Å²) in [6.45, 7) is 2.00. The molecule has 0 radical (unpaired) electrons. The molecular formula is C22H19N3O2S. The minimum atomic E-state index is -0.196. The molecule has 28 heavy (non-hydrogen) atoms. The Labute approximate surface area is 166 Å². The highest BCUT2D eigenvalue weighted by molar-refractivity contribution is 7.15. The number of ether oxygens (including phenoxy) is 1. The van der Waals surface area contributed by atoms with E-state index < -0.39 is 0 Å². The van der Waals surface area contributed by atoms with Crippen LogP contribution in [0.3, 0.4) is 0 Å². The second-order valence-electron chi connectivity index (χ2n) is 6.36. The van der Waals surface area contributed by atoms with Crippen molar-refractivity contribution in [1.82, 2.24) is 9.38 Å². The standard InChI is InChI=1S/C22H19N3O2S/c1-15-3-9-20(27-2)17(13-15)6-10-21(26)23-18-7-4-16(5-8-18)19-14-25-11-12-28-22(25)24-19/h3-14H,1-2H3,(H,23,26)/b10-6+. The number of fused-ring (bicyclic) bond motifs is 1. The van der Waals surface area contributed by atoms with Gasteiger partial charge >= 0.3 is 0 Å². The van der Waals surface area contributed by atoms with E-state index in [1.807, 2.05) is 71.6 Å². The van der Waals surface area contributed by atoms with Gasteiger partial charge in [0.15, 0.2) is 4.96 Å². The van der Waals surface area contributed by atoms with Gasteiger partial charge in [-0.3, -0.25) is 9.20 Å². The molecule has 0 atom stereocenters. The van der Waals surface area contributed by atoms with Gasteiger partial charge in [-0.25, -0.2) is 4.98 Å². The summed E-state index contributed by atoms with van der Waals surface area (Å²) in [5, 5.41) is 4.88. The van der Waals surface area contributed by atoms with Crippen molar-refractivity contribution in [2.45, 2.75) is 6.92 Å². The number of nitrogens with zero attached hydrogens (tertiary/aromatic N) is 2. The average Bonchev–Trinajstić information content (AvgIpc) is 3.29. The zero-order valence-corrected chi connectivity index (χ0v) is 16.4. The van der Waals surface area contributed by atoms with Gasteiger partial charge in [0.25, 0.3) is 0 Å². The number of aromatic nitrogens is 2. The summed E-state index contributed by atoms with van der Waals surface area (Å²) in [4.78, 5) is 17.8. The Bertz CT molecular complexity index is 1130. The first-order valence-corrected chi connectivity index (χ1v) is 9.67. The van der Waals surface area contributed by atoms with Crippen LogP contribution in [0.5, 0.6) is 5.75 Å². The van der Waals surface area contributed by atoms with Gasteiger partial charge in [-0.2, -0.15) is 0 Å². The first kappa shape index (κ1) is 18.0. The molecule has 0 saturated heterocycles. The third kappa shape index (κ3) is 3.82. The molecule has 2 aromatic heterocycles. The first-order valence-electron chi connectivity index (χ1n) is 8.79. The predicted molar refractivity (Wildman–Crippen MR) is 114 cm³/mol. The number of nitrogens with one attached hydrogen (secondary N) is 1. The Morgan fingerprint density at radius 2 is 2.04 bits per heavy atom. The van der Waals surface area contributed by atoms with Gasteiger partial charge in [0, 0.05) is 40.7 Å². The van der Waals surface area contributed by atoms with Crippen LogP contribution in [0.25, 0.3) is 22.3 Å². The van der Waals surface area contributed by atoms with Gasteiger partial charge < -0.3 is 10.1 Å². The molecular weight excluding hydrogens is 370 g/mol. The third-order valence-electron chi connectivity index (χ3n) is 4.34. The Morgan fingerprint density at radius 1 is 1.21 bits per heavy atom. The van der Waals surface area contributed by atoms with Crippen LogP contribution in [0, 0.1) is 6.92 Å². The zero-order chi connectivity index (χ0) is 19.5. The summed E-state index contributed by atoms with van der Waals surface area (Å²) < 4.78 is 7.33. The highest BCUT2D eigenvalue weighted by Crippen LogP contribution is 2.23. The molecule has 0 unspecified atom stereocenters. The fourth-order valence-corrected chi connectivity index (χ4v) is 3.62. The van der Waals surface area contributed by atoms with Gasteiger partial charge in [-0.1, -0.05) is 23.8 Å². The van der Waals surface area contributed by atoms with Crippen molar-refractivity contribution in [3.05, 3.63) is 77.4 Å². The Hall–Kier alpha value is -3.38. The largest absolute Gasteiger partial charge is 0.496 e. The summed E-state index contributed by atoms with van der Waals surface area (Å²) in [5.41, 5.74) is 4.63. The number of benzene rings is 2. The molecule has 6 heteroatoms. The quantitative estimate of drug-likeness (QED) is 0.487. The topological polar surface area (TPSA) is 55.6 Å². The van der Waals surface area contributed by atoms with Crippen molar-refractivity contribution < 1.29 is 9.53 Å². The van der Waals surface area contributed by atoms with Crippen LogP contribution < -0.4 is 10.1 Å². The number of anilines is 1. The number of rotatable bonds is 5. The maximum atomic E-state index is 12.3. The van der Waals surface area contributed by atoms with E-state index in [0.29, 0.717) is 0 Å². The lowest BCUT2D eigenvalue weighted by molar-refractivity contribution is -0.111. The van der Waals surface area contributed by atoms with E-state index in [9.17, 15) is 4.79 Å². The molecule has 0 spiro atoms. The van der Waals surface area contributed by atoms with Crippen molar-refractivity contribution in [1.29, 1.82) is 0 Å². The number of thiazole rings is 1. The summed E-state index contributed by atoms with van der Waals surface area (Å²) in [6.07, 6.45) is 7.25. The van der Waals surface area contributed by atoms with Crippen LogP contribution in [0.4, 0.5) is 5.69 Å². The van der Waals surface area contributed by atoms with E-state index in [1.165, 1.54) is 6.08 Å². The Balaban J connectivity index is 1.45. The summed E-state index contributed by atoms with van der Waals surface area (Å²) in [5.74, 6) is 0.540. The van der Waals surface area contributed by atoms with Crippen LogP contribution in [-0.2, 0) is 4.79 Å². The van der Waals surface area contributed by atoms with Crippen LogP contribution in [0.2, 0.25) is 0 Å². The number of methoxy groups -OCH3 is 1. The average molecular weight is 389 g/mol. The lowest BCUT2D eigenvalue weighted by atomic mass is 10.1. The van der Waals surface area contributed by atoms with Crippen molar-refractivity contribution in [2.75, 3.05) is 12.4 Å². The summed E-state index contributed by atoms with van der Waals surface area (Å²) >= 11 is 1.60. The zero-order valence-electron chi connectivity index (χ0n) is 15.5. The second kappa shape index (κ2) is 7.70. The molecule has 1 N–H and O–H groups in total. The number of hydrogen-bond donors (Lipinski definition) is 1. The smallest absolute Gasteiger partial charge is 0.248 e. The van der Waals surface area contributed by atoms with E-state index in [-0.39, 0.29) is 5.91 Å². The van der Waals surface area contributed by atoms with Crippen molar-refractivity contribution >= 4 is 34.0 Å². The number of imidazole rings is 1. The van der Waals surface area contributed by atoms with Crippen molar-refractivity contribution in [2.24, 2.45) is 0 Å². The van der Waals surface area contributed by atoms with E-state index in [1.54, 1.807) is 24.5 Å². The molecule has 140 valence electrons. The normalized spacial score (nSPS) is 11.2. The molecule has 0 bridgehead atoms. The minimum absolute atomic E-state index is 0.196. The molecule has 2 aromatic carbocycles. The molecule has 5 nitrogen and oxygen atoms in total. The number of carbonyl (C=O) groups is 1. The fourth-order valence-electron chi connectivity index (χ4n) is 2.92. The highest BCUT2D eigenvalue weighted by Gasteiger charge is 2.06. The molecule has 0 saturated carbocycles. The molecule has 1 amide bonds. The van der Waals surface area contributed by atoms with Gasteiger partial charge in [0.1, 0.15) is 5.75 Å². The van der Waals surface area contributed by atoms with Crippen LogP contribution in [0.1, 0.15) is 11.1 Å². The number of hydrogen-bond acceptors (Lipinski definition) is 4. The van der Waals surface area contributed by atoms with Crippen molar-refractivity contribution in [3.8, 4) is 17.0 Å². The van der Waals surface area contributed by atoms with Gasteiger partial charge in [-0.05, 0) is 37.3 Å². The van der Waals surface area contributed by atoms with Gasteiger partial charge in [-0.15, -0.1) is 11.3 Å². The SMILES string of the molecule is COc1ccc(C)cc1/C=C/C(=O)Nc1ccc(-c2cn3ccsc3n2)cc1. The molecule has 0 fully saturated rings.